The van der Waals surface area contributed by atoms with Gasteiger partial charge in [-0.05, 0) is 67.3 Å². The summed E-state index contributed by atoms with van der Waals surface area (Å²) in [5.41, 5.74) is 5.83. The first kappa shape index (κ1) is 44.0. The first-order chi connectivity index (χ1) is 16.8. The Morgan fingerprint density at radius 3 is 1.46 bits per heavy atom. The van der Waals surface area contributed by atoms with Gasteiger partial charge in [-0.1, -0.05) is 142 Å². The summed E-state index contributed by atoms with van der Waals surface area (Å²) in [5.74, 6) is 1.75. The van der Waals surface area contributed by atoms with E-state index in [4.69, 9.17) is 4.74 Å². The minimum absolute atomic E-state index is 0.436. The molecule has 0 aliphatic carbocycles. The number of ether oxygens (including phenoxy) is 1. The molecule has 0 radical (unpaired) electrons. The minimum Gasteiger partial charge on any atom is -0.490 e. The molecule has 1 atom stereocenters. The molecule has 1 aromatic carbocycles. The van der Waals surface area contributed by atoms with E-state index in [0.717, 1.165) is 5.75 Å². The summed E-state index contributed by atoms with van der Waals surface area (Å²) in [5, 5.41) is 0. The van der Waals surface area contributed by atoms with Crippen LogP contribution in [0.25, 0.3) is 0 Å². The largest absolute Gasteiger partial charge is 0.490 e. The van der Waals surface area contributed by atoms with Crippen LogP contribution in [0.4, 0.5) is 0 Å². The van der Waals surface area contributed by atoms with Crippen molar-refractivity contribution in [1.29, 1.82) is 0 Å². The average Bonchev–Trinajstić information content (AvgIpc) is 2.88. The quantitative estimate of drug-likeness (QED) is 0.393. The summed E-state index contributed by atoms with van der Waals surface area (Å²) in [7, 11) is 0. The van der Waals surface area contributed by atoms with Gasteiger partial charge in [0, 0.05) is 0 Å². The van der Waals surface area contributed by atoms with E-state index in [1.165, 1.54) is 80.0 Å². The van der Waals surface area contributed by atoms with Crippen LogP contribution in [-0.4, -0.2) is 6.10 Å². The third-order valence-electron chi connectivity index (χ3n) is 5.12. The summed E-state index contributed by atoms with van der Waals surface area (Å²) in [6.45, 7) is 36.3. The summed E-state index contributed by atoms with van der Waals surface area (Å²) in [6, 6.07) is 2.26. The normalized spacial score (nSPS) is 12.3. The second-order valence-corrected chi connectivity index (χ2v) is 8.64. The monoisotopic (exact) mass is 497 g/mol. The molecule has 0 saturated carbocycles. The van der Waals surface area contributed by atoms with Gasteiger partial charge in [0.25, 0.3) is 0 Å². The first-order valence-corrected chi connectivity index (χ1v) is 15.6. The van der Waals surface area contributed by atoms with Gasteiger partial charge in [0.05, 0.1) is 6.10 Å². The average molecular weight is 497 g/mol. The van der Waals surface area contributed by atoms with E-state index in [0.29, 0.717) is 12.0 Å². The fourth-order valence-corrected chi connectivity index (χ4v) is 3.38. The zero-order chi connectivity index (χ0) is 28.8. The standard InChI is InChI=1S/C17H26O.2C4H10.C3H8.3C2H6/c1-6-7-14-8-9-15-13(5)17(11(2)3)12(4)10-16(15)18-14;2*1-3-4-2;1-3-2;3*1-2/h10-11,14H,6-9H2,1-5H3;2*3-4H2,1-2H3;3H2,1-2H3;3*1-2H3. The molecular formula is C34H72O. The maximum atomic E-state index is 6.17. The highest BCUT2D eigenvalue weighted by atomic mass is 16.5. The lowest BCUT2D eigenvalue weighted by molar-refractivity contribution is 0.162. The van der Waals surface area contributed by atoms with Crippen LogP contribution in [0.1, 0.15) is 183 Å². The van der Waals surface area contributed by atoms with Crippen molar-refractivity contribution in [3.63, 3.8) is 0 Å². The van der Waals surface area contributed by atoms with Crippen molar-refractivity contribution in [3.05, 3.63) is 28.3 Å². The molecule has 0 spiro atoms. The van der Waals surface area contributed by atoms with Crippen molar-refractivity contribution < 1.29 is 4.74 Å². The predicted molar refractivity (Wildman–Crippen MR) is 169 cm³/mol. The molecule has 214 valence electrons. The molecule has 0 N–H and O–H groups in total. The molecule has 0 aromatic heterocycles. The fraction of sp³-hybridized carbons (Fsp3) is 0.824. The molecule has 0 bridgehead atoms. The van der Waals surface area contributed by atoms with Gasteiger partial charge in [-0.2, -0.15) is 0 Å². The fourth-order valence-electron chi connectivity index (χ4n) is 3.38. The summed E-state index contributed by atoms with van der Waals surface area (Å²) in [6.07, 6.45) is 11.7. The first-order valence-electron chi connectivity index (χ1n) is 15.6. The summed E-state index contributed by atoms with van der Waals surface area (Å²) >= 11 is 0. The van der Waals surface area contributed by atoms with Crippen LogP contribution in [0.5, 0.6) is 5.75 Å². The Labute approximate surface area is 226 Å². The van der Waals surface area contributed by atoms with E-state index in [-0.39, 0.29) is 0 Å². The number of hydrogen-bond donors (Lipinski definition) is 0. The van der Waals surface area contributed by atoms with E-state index in [2.05, 4.69) is 82.2 Å². The molecule has 1 unspecified atom stereocenters. The Morgan fingerprint density at radius 2 is 1.14 bits per heavy atom. The molecule has 0 amide bonds. The minimum atomic E-state index is 0.436. The smallest absolute Gasteiger partial charge is 0.123 e. The highest BCUT2D eigenvalue weighted by Crippen LogP contribution is 2.37. The van der Waals surface area contributed by atoms with E-state index in [9.17, 15) is 0 Å². The highest BCUT2D eigenvalue weighted by molar-refractivity contribution is 5.50. The van der Waals surface area contributed by atoms with E-state index in [1.54, 1.807) is 0 Å². The SMILES string of the molecule is CC.CC.CC.CCC.CCCC.CCCC.CCCC1CCc2c(cc(C)c(C(C)C)c2C)O1. The Bertz CT molecular complexity index is 494. The Balaban J connectivity index is -0.000000146. The lowest BCUT2D eigenvalue weighted by atomic mass is 9.86. The number of unbranched alkanes of at least 4 members (excludes halogenated alkanes) is 2. The van der Waals surface area contributed by atoms with Crippen LogP contribution in [0.15, 0.2) is 6.07 Å². The maximum Gasteiger partial charge on any atom is 0.123 e. The summed E-state index contributed by atoms with van der Waals surface area (Å²) in [4.78, 5) is 0. The van der Waals surface area contributed by atoms with Crippen LogP contribution in [0.2, 0.25) is 0 Å². The molecule has 1 heteroatoms. The Morgan fingerprint density at radius 1 is 0.743 bits per heavy atom. The summed E-state index contributed by atoms with van der Waals surface area (Å²) < 4.78 is 6.17. The third-order valence-corrected chi connectivity index (χ3v) is 5.12. The number of hydrogen-bond acceptors (Lipinski definition) is 1. The molecule has 1 aromatic rings. The van der Waals surface area contributed by atoms with Gasteiger partial charge in [0.2, 0.25) is 0 Å². The number of fused-ring (bicyclic) bond motifs is 1. The maximum absolute atomic E-state index is 6.17. The number of benzene rings is 1. The highest BCUT2D eigenvalue weighted by Gasteiger charge is 2.23. The zero-order valence-corrected chi connectivity index (χ0v) is 28.0. The van der Waals surface area contributed by atoms with Crippen molar-refractivity contribution in [1.82, 2.24) is 0 Å². The van der Waals surface area contributed by atoms with Gasteiger partial charge in [0.1, 0.15) is 5.75 Å². The number of aryl methyl sites for hydroxylation is 1. The van der Waals surface area contributed by atoms with Gasteiger partial charge < -0.3 is 4.74 Å². The lowest BCUT2D eigenvalue weighted by Crippen LogP contribution is -2.23. The molecule has 35 heavy (non-hydrogen) atoms. The van der Waals surface area contributed by atoms with Crippen molar-refractivity contribution in [2.45, 2.75) is 188 Å². The topological polar surface area (TPSA) is 9.23 Å². The second-order valence-electron chi connectivity index (χ2n) is 8.64. The van der Waals surface area contributed by atoms with Gasteiger partial charge in [-0.3, -0.25) is 0 Å². The van der Waals surface area contributed by atoms with Gasteiger partial charge in [0.15, 0.2) is 0 Å². The second kappa shape index (κ2) is 35.2. The van der Waals surface area contributed by atoms with Crippen molar-refractivity contribution in [2.75, 3.05) is 0 Å². The molecule has 1 heterocycles. The van der Waals surface area contributed by atoms with Crippen LogP contribution >= 0.6 is 0 Å². The van der Waals surface area contributed by atoms with E-state index < -0.39 is 0 Å². The van der Waals surface area contributed by atoms with Crippen LogP contribution < -0.4 is 4.74 Å². The molecule has 1 nitrogen and oxygen atoms in total. The van der Waals surface area contributed by atoms with Crippen LogP contribution in [0.3, 0.4) is 0 Å². The van der Waals surface area contributed by atoms with Crippen molar-refractivity contribution in [3.8, 4) is 5.75 Å². The van der Waals surface area contributed by atoms with E-state index in [1.807, 2.05) is 41.5 Å². The lowest BCUT2D eigenvalue weighted by Gasteiger charge is -2.29. The predicted octanol–water partition coefficient (Wildman–Crippen LogP) is 13.0. The number of rotatable bonds is 5. The van der Waals surface area contributed by atoms with Crippen molar-refractivity contribution >= 4 is 0 Å². The molecule has 0 fully saturated rings. The molecule has 0 saturated heterocycles. The molecule has 1 aliphatic rings. The van der Waals surface area contributed by atoms with Crippen molar-refractivity contribution in [2.24, 2.45) is 0 Å². The van der Waals surface area contributed by atoms with Gasteiger partial charge in [-0.15, -0.1) is 0 Å². The zero-order valence-electron chi connectivity index (χ0n) is 28.0. The molecule has 2 rings (SSSR count). The van der Waals surface area contributed by atoms with Crippen LogP contribution in [0, 0.1) is 13.8 Å². The van der Waals surface area contributed by atoms with E-state index >= 15 is 0 Å². The Kier molecular flexibility index (Phi) is 44.3. The molecular weight excluding hydrogens is 424 g/mol. The third kappa shape index (κ3) is 23.2. The van der Waals surface area contributed by atoms with Gasteiger partial charge >= 0.3 is 0 Å². The Hall–Kier alpha value is -0.980. The molecule has 1 aliphatic heterocycles. The van der Waals surface area contributed by atoms with Crippen LogP contribution in [-0.2, 0) is 6.42 Å². The van der Waals surface area contributed by atoms with Gasteiger partial charge in [-0.25, -0.2) is 0 Å².